The fourth-order valence-electron chi connectivity index (χ4n) is 1.89. The minimum atomic E-state index is -0.0953. The fraction of sp³-hybridized carbons (Fsp3) is 0.333. The summed E-state index contributed by atoms with van der Waals surface area (Å²) < 4.78 is 0. The lowest BCUT2D eigenvalue weighted by molar-refractivity contribution is -0.119. The molecule has 1 aliphatic rings. The Kier molecular flexibility index (Phi) is 3.38. The van der Waals surface area contributed by atoms with Gasteiger partial charge in [0.25, 0.3) is 0 Å². The lowest BCUT2D eigenvalue weighted by Crippen LogP contribution is -2.23. The highest BCUT2D eigenvalue weighted by molar-refractivity contribution is 7.81. The first kappa shape index (κ1) is 12.0. The second kappa shape index (κ2) is 4.79. The van der Waals surface area contributed by atoms with Crippen molar-refractivity contribution in [1.29, 1.82) is 0 Å². The van der Waals surface area contributed by atoms with Gasteiger partial charge in [0.05, 0.1) is 12.2 Å². The molecule has 1 aromatic carbocycles. The van der Waals surface area contributed by atoms with Gasteiger partial charge in [0.1, 0.15) is 0 Å². The first-order chi connectivity index (χ1) is 8.11. The molecule has 17 heavy (non-hydrogen) atoms. The van der Waals surface area contributed by atoms with E-state index in [1.807, 2.05) is 18.2 Å². The molecule has 0 atom stereocenters. The predicted octanol–water partition coefficient (Wildman–Crippen LogP) is 0.751. The Morgan fingerprint density at radius 2 is 2.29 bits per heavy atom. The number of anilines is 1. The van der Waals surface area contributed by atoms with Crippen LogP contribution in [0.25, 0.3) is 0 Å². The second-order valence-electron chi connectivity index (χ2n) is 4.03. The molecule has 5 heteroatoms. The summed E-state index contributed by atoms with van der Waals surface area (Å²) in [5, 5.41) is 2.75. The normalized spacial score (nSPS) is 13.8. The number of nitrogens with zero attached hydrogens (tertiary/aromatic N) is 1. The van der Waals surface area contributed by atoms with Gasteiger partial charge in [0, 0.05) is 19.3 Å². The first-order valence-corrected chi connectivity index (χ1v) is 6.01. The highest BCUT2D eigenvalue weighted by atomic mass is 32.1. The molecule has 1 aliphatic heterocycles. The zero-order valence-electron chi connectivity index (χ0n) is 9.56. The van der Waals surface area contributed by atoms with Gasteiger partial charge in [0.2, 0.25) is 11.8 Å². The van der Waals surface area contributed by atoms with Crippen molar-refractivity contribution in [3.8, 4) is 0 Å². The Morgan fingerprint density at radius 1 is 1.53 bits per heavy atom. The first-order valence-electron chi connectivity index (χ1n) is 5.37. The van der Waals surface area contributed by atoms with E-state index in [0.717, 1.165) is 16.8 Å². The number of nitrogens with one attached hydrogen (secondary N) is 1. The van der Waals surface area contributed by atoms with Gasteiger partial charge in [-0.2, -0.15) is 12.6 Å². The Bertz CT molecular complexity index is 474. The summed E-state index contributed by atoms with van der Waals surface area (Å²) in [7, 11) is 1.77. The summed E-state index contributed by atoms with van der Waals surface area (Å²) >= 11 is 3.89. The van der Waals surface area contributed by atoms with E-state index in [1.165, 1.54) is 0 Å². The highest BCUT2D eigenvalue weighted by Gasteiger charge is 2.23. The zero-order valence-corrected chi connectivity index (χ0v) is 10.5. The molecule has 0 unspecified atom stereocenters. The van der Waals surface area contributed by atoms with Crippen LogP contribution in [0, 0.1) is 0 Å². The molecule has 0 fully saturated rings. The number of benzene rings is 1. The summed E-state index contributed by atoms with van der Waals surface area (Å²) in [5.74, 6) is 0.199. The number of carbonyl (C=O) groups is 2. The number of hydrogen-bond donors (Lipinski definition) is 2. The van der Waals surface area contributed by atoms with E-state index in [0.29, 0.717) is 13.0 Å². The van der Waals surface area contributed by atoms with Crippen molar-refractivity contribution in [2.45, 2.75) is 13.0 Å². The van der Waals surface area contributed by atoms with E-state index in [4.69, 9.17) is 0 Å². The van der Waals surface area contributed by atoms with E-state index in [-0.39, 0.29) is 17.6 Å². The van der Waals surface area contributed by atoms with Crippen LogP contribution < -0.4 is 10.2 Å². The molecule has 2 rings (SSSR count). The van der Waals surface area contributed by atoms with Gasteiger partial charge < -0.3 is 10.2 Å². The van der Waals surface area contributed by atoms with Crippen LogP contribution in [0.5, 0.6) is 0 Å². The van der Waals surface area contributed by atoms with Gasteiger partial charge in [-0.3, -0.25) is 9.59 Å². The van der Waals surface area contributed by atoms with Crippen LogP contribution in [0.1, 0.15) is 11.1 Å². The molecule has 90 valence electrons. The number of rotatable bonds is 3. The molecule has 0 saturated carbocycles. The van der Waals surface area contributed by atoms with Crippen molar-refractivity contribution in [2.24, 2.45) is 0 Å². The van der Waals surface area contributed by atoms with Crippen molar-refractivity contribution in [3.05, 3.63) is 29.3 Å². The van der Waals surface area contributed by atoms with Gasteiger partial charge in [-0.05, 0) is 17.2 Å². The molecule has 0 saturated heterocycles. The van der Waals surface area contributed by atoms with Crippen LogP contribution in [0.15, 0.2) is 18.2 Å². The standard InChI is InChI=1S/C12H14N2O2S/c1-14-10-3-2-8(6-13-11(15)7-17)4-9(10)5-12(14)16/h2-4,17H,5-7H2,1H3,(H,13,15). The maximum absolute atomic E-state index is 11.5. The molecule has 1 N–H and O–H groups in total. The van der Waals surface area contributed by atoms with E-state index in [2.05, 4.69) is 17.9 Å². The molecule has 2 amide bonds. The number of likely N-dealkylation sites (N-methyl/N-ethyl adjacent to an activating group) is 1. The molecule has 0 aromatic heterocycles. The summed E-state index contributed by atoms with van der Waals surface area (Å²) in [4.78, 5) is 24.2. The third-order valence-corrected chi connectivity index (χ3v) is 3.14. The highest BCUT2D eigenvalue weighted by Crippen LogP contribution is 2.28. The maximum atomic E-state index is 11.5. The van der Waals surface area contributed by atoms with Crippen LogP contribution in [-0.2, 0) is 22.6 Å². The minimum Gasteiger partial charge on any atom is -0.351 e. The number of amides is 2. The molecule has 4 nitrogen and oxygen atoms in total. The average Bonchev–Trinajstić information content (AvgIpc) is 2.62. The van der Waals surface area contributed by atoms with Crippen LogP contribution >= 0.6 is 12.6 Å². The van der Waals surface area contributed by atoms with Crippen LogP contribution in [0.4, 0.5) is 5.69 Å². The molecule has 0 spiro atoms. The summed E-state index contributed by atoms with van der Waals surface area (Å²) in [6.07, 6.45) is 0.445. The largest absolute Gasteiger partial charge is 0.351 e. The second-order valence-corrected chi connectivity index (χ2v) is 4.34. The minimum absolute atomic E-state index is 0.0953. The van der Waals surface area contributed by atoms with Crippen molar-refractivity contribution in [2.75, 3.05) is 17.7 Å². The van der Waals surface area contributed by atoms with E-state index >= 15 is 0 Å². The number of carbonyl (C=O) groups excluding carboxylic acids is 2. The Labute approximate surface area is 105 Å². The zero-order chi connectivity index (χ0) is 12.4. The molecule has 1 heterocycles. The molecular weight excluding hydrogens is 236 g/mol. The van der Waals surface area contributed by atoms with E-state index < -0.39 is 0 Å². The maximum Gasteiger partial charge on any atom is 0.231 e. The van der Waals surface area contributed by atoms with Crippen molar-refractivity contribution >= 4 is 30.1 Å². The number of hydrogen-bond acceptors (Lipinski definition) is 3. The molecular formula is C12H14N2O2S. The molecule has 1 aromatic rings. The Hall–Kier alpha value is -1.49. The third-order valence-electron chi connectivity index (χ3n) is 2.85. The monoisotopic (exact) mass is 250 g/mol. The third kappa shape index (κ3) is 2.44. The summed E-state index contributed by atoms with van der Waals surface area (Å²) in [6.45, 7) is 0.477. The van der Waals surface area contributed by atoms with E-state index in [9.17, 15) is 9.59 Å². The van der Waals surface area contributed by atoms with Gasteiger partial charge in [-0.1, -0.05) is 12.1 Å². The van der Waals surface area contributed by atoms with Gasteiger partial charge >= 0.3 is 0 Å². The quantitative estimate of drug-likeness (QED) is 0.778. The average molecular weight is 250 g/mol. The molecule has 0 radical (unpaired) electrons. The topological polar surface area (TPSA) is 49.4 Å². The molecule has 0 aliphatic carbocycles. The van der Waals surface area contributed by atoms with E-state index in [1.54, 1.807) is 11.9 Å². The lowest BCUT2D eigenvalue weighted by Gasteiger charge is -2.10. The van der Waals surface area contributed by atoms with Gasteiger partial charge in [0.15, 0.2) is 0 Å². The predicted molar refractivity (Wildman–Crippen MR) is 69.3 cm³/mol. The van der Waals surface area contributed by atoms with Crippen LogP contribution in [0.2, 0.25) is 0 Å². The fourth-order valence-corrected chi connectivity index (χ4v) is 2.00. The smallest absolute Gasteiger partial charge is 0.231 e. The van der Waals surface area contributed by atoms with Crippen molar-refractivity contribution in [3.63, 3.8) is 0 Å². The number of fused-ring (bicyclic) bond motifs is 1. The van der Waals surface area contributed by atoms with Gasteiger partial charge in [-0.15, -0.1) is 0 Å². The Balaban J connectivity index is 2.11. The van der Waals surface area contributed by atoms with Crippen molar-refractivity contribution in [1.82, 2.24) is 5.32 Å². The summed E-state index contributed by atoms with van der Waals surface area (Å²) in [5.41, 5.74) is 2.98. The van der Waals surface area contributed by atoms with Crippen LogP contribution in [-0.4, -0.2) is 24.6 Å². The SMILES string of the molecule is CN1C(=O)Cc2cc(CNC(=O)CS)ccc21. The summed E-state index contributed by atoms with van der Waals surface area (Å²) in [6, 6.07) is 5.81. The molecule has 0 bridgehead atoms. The Morgan fingerprint density at radius 3 is 3.00 bits per heavy atom. The lowest BCUT2D eigenvalue weighted by atomic mass is 10.1. The van der Waals surface area contributed by atoms with Crippen LogP contribution in [0.3, 0.4) is 0 Å². The van der Waals surface area contributed by atoms with Crippen molar-refractivity contribution < 1.29 is 9.59 Å². The van der Waals surface area contributed by atoms with Gasteiger partial charge in [-0.25, -0.2) is 0 Å². The number of thiol groups is 1.